The van der Waals surface area contributed by atoms with E-state index in [1.807, 2.05) is 23.1 Å². The van der Waals surface area contributed by atoms with E-state index in [9.17, 15) is 0 Å². The van der Waals surface area contributed by atoms with Gasteiger partial charge in [0.2, 0.25) is 5.95 Å². The highest BCUT2D eigenvalue weighted by Crippen LogP contribution is 2.21. The normalized spacial score (nSPS) is 19.9. The van der Waals surface area contributed by atoms with Crippen molar-refractivity contribution in [2.45, 2.75) is 6.10 Å². The maximum atomic E-state index is 8.88. The number of anilines is 2. The zero-order valence-corrected chi connectivity index (χ0v) is 9.76. The summed E-state index contributed by atoms with van der Waals surface area (Å²) < 4.78 is 5.31. The van der Waals surface area contributed by atoms with Gasteiger partial charge in [-0.1, -0.05) is 0 Å². The second kappa shape index (κ2) is 4.20. The van der Waals surface area contributed by atoms with Gasteiger partial charge in [-0.25, -0.2) is 4.98 Å². The fraction of sp³-hybridized carbons (Fsp3) is 0.333. The number of hydrogen-bond donors (Lipinski definition) is 2. The van der Waals surface area contributed by atoms with Gasteiger partial charge in [-0.05, 0) is 18.2 Å². The molecule has 1 unspecified atom stereocenters. The van der Waals surface area contributed by atoms with Crippen LogP contribution in [-0.2, 0) is 4.74 Å². The Labute approximate surface area is 104 Å². The number of ether oxygens (including phenoxy) is 1. The Balaban J connectivity index is 1.92. The number of H-pyrrole nitrogens is 1. The average Bonchev–Trinajstić information content (AvgIpc) is 2.81. The third-order valence-electron chi connectivity index (χ3n) is 3.00. The van der Waals surface area contributed by atoms with Crippen molar-refractivity contribution in [1.29, 1.82) is 5.26 Å². The molecule has 1 aromatic carbocycles. The number of aromatic amines is 1. The zero-order valence-electron chi connectivity index (χ0n) is 9.76. The van der Waals surface area contributed by atoms with E-state index >= 15 is 0 Å². The number of nitriles is 1. The molecule has 1 saturated heterocycles. The van der Waals surface area contributed by atoms with Gasteiger partial charge in [0.25, 0.3) is 0 Å². The number of aromatic nitrogens is 2. The van der Waals surface area contributed by atoms with Crippen LogP contribution in [0.5, 0.6) is 0 Å². The number of hydrogen-bond acceptors (Lipinski definition) is 5. The molecule has 0 saturated carbocycles. The van der Waals surface area contributed by atoms with Gasteiger partial charge in [-0.2, -0.15) is 5.26 Å². The van der Waals surface area contributed by atoms with Crippen LogP contribution in [0.1, 0.15) is 0 Å². The molecule has 1 aromatic heterocycles. The van der Waals surface area contributed by atoms with Gasteiger partial charge >= 0.3 is 0 Å². The summed E-state index contributed by atoms with van der Waals surface area (Å²) >= 11 is 0. The molecule has 2 aromatic rings. The van der Waals surface area contributed by atoms with Gasteiger partial charge in [0.15, 0.2) is 6.10 Å². The molecule has 1 aliphatic heterocycles. The summed E-state index contributed by atoms with van der Waals surface area (Å²) in [5, 5.41) is 8.88. The van der Waals surface area contributed by atoms with Crippen molar-refractivity contribution in [3.63, 3.8) is 0 Å². The van der Waals surface area contributed by atoms with Gasteiger partial charge < -0.3 is 20.4 Å². The van der Waals surface area contributed by atoms with E-state index in [0.29, 0.717) is 18.8 Å². The number of rotatable bonds is 1. The Hall–Kier alpha value is -2.26. The van der Waals surface area contributed by atoms with Crippen LogP contribution in [-0.4, -0.2) is 35.8 Å². The topological polar surface area (TPSA) is 91.0 Å². The lowest BCUT2D eigenvalue weighted by atomic mass is 10.3. The van der Waals surface area contributed by atoms with E-state index in [4.69, 9.17) is 15.7 Å². The molecule has 0 radical (unpaired) electrons. The van der Waals surface area contributed by atoms with Crippen LogP contribution in [0.15, 0.2) is 18.2 Å². The molecule has 18 heavy (non-hydrogen) atoms. The molecule has 0 amide bonds. The Morgan fingerprint density at radius 1 is 1.56 bits per heavy atom. The van der Waals surface area contributed by atoms with Crippen molar-refractivity contribution < 1.29 is 4.74 Å². The van der Waals surface area contributed by atoms with E-state index in [-0.39, 0.29) is 0 Å². The summed E-state index contributed by atoms with van der Waals surface area (Å²) in [6, 6.07) is 7.68. The number of nitrogens with two attached hydrogens (primary N) is 1. The lowest BCUT2D eigenvalue weighted by Gasteiger charge is -2.29. The standard InChI is InChI=1S/C12H13N5O/c13-6-9-7-17(3-4-18-9)12-15-10-2-1-8(14)5-11(10)16-12/h1-2,5,9H,3-4,7,14H2,(H,15,16). The van der Waals surface area contributed by atoms with Crippen LogP contribution in [0.3, 0.4) is 0 Å². The molecule has 0 bridgehead atoms. The fourth-order valence-corrected chi connectivity index (χ4v) is 2.08. The minimum atomic E-state index is -0.392. The highest BCUT2D eigenvalue weighted by atomic mass is 16.5. The highest BCUT2D eigenvalue weighted by Gasteiger charge is 2.22. The molecule has 2 heterocycles. The second-order valence-electron chi connectivity index (χ2n) is 4.27. The van der Waals surface area contributed by atoms with Crippen molar-refractivity contribution in [3.8, 4) is 6.07 Å². The lowest BCUT2D eigenvalue weighted by Crippen LogP contribution is -2.42. The molecule has 0 aliphatic carbocycles. The summed E-state index contributed by atoms with van der Waals surface area (Å²) in [5.74, 6) is 0.763. The molecule has 1 aliphatic rings. The van der Waals surface area contributed by atoms with Crippen molar-refractivity contribution >= 4 is 22.7 Å². The predicted octanol–water partition coefficient (Wildman–Crippen LogP) is 0.874. The number of nitrogen functional groups attached to an aromatic ring is 1. The molecule has 3 N–H and O–H groups in total. The lowest BCUT2D eigenvalue weighted by molar-refractivity contribution is 0.0759. The zero-order chi connectivity index (χ0) is 12.5. The monoisotopic (exact) mass is 243 g/mol. The Morgan fingerprint density at radius 3 is 3.28 bits per heavy atom. The third-order valence-corrected chi connectivity index (χ3v) is 3.00. The molecule has 92 valence electrons. The number of benzene rings is 1. The maximum absolute atomic E-state index is 8.88. The quantitative estimate of drug-likeness (QED) is 0.725. The first-order chi connectivity index (χ1) is 8.76. The Kier molecular flexibility index (Phi) is 2.54. The molecular weight excluding hydrogens is 230 g/mol. The van der Waals surface area contributed by atoms with Gasteiger partial charge in [-0.3, -0.25) is 0 Å². The summed E-state index contributed by atoms with van der Waals surface area (Å²) in [6.45, 7) is 1.80. The SMILES string of the molecule is N#CC1CN(c2nc3ccc(N)cc3[nH]2)CCO1. The minimum absolute atomic E-state index is 0.392. The fourth-order valence-electron chi connectivity index (χ4n) is 2.08. The van der Waals surface area contributed by atoms with Crippen LogP contribution in [0, 0.1) is 11.3 Å². The summed E-state index contributed by atoms with van der Waals surface area (Å²) in [6.07, 6.45) is -0.392. The van der Waals surface area contributed by atoms with E-state index in [0.717, 1.165) is 23.5 Å². The number of fused-ring (bicyclic) bond motifs is 1. The first kappa shape index (κ1) is 10.9. The van der Waals surface area contributed by atoms with Gasteiger partial charge in [-0.15, -0.1) is 0 Å². The number of morpholine rings is 1. The molecule has 6 heteroatoms. The molecule has 1 fully saturated rings. The van der Waals surface area contributed by atoms with Crippen molar-refractivity contribution in [3.05, 3.63) is 18.2 Å². The van der Waals surface area contributed by atoms with Crippen LogP contribution >= 0.6 is 0 Å². The van der Waals surface area contributed by atoms with Crippen molar-refractivity contribution in [1.82, 2.24) is 9.97 Å². The number of imidazole rings is 1. The maximum Gasteiger partial charge on any atom is 0.204 e. The minimum Gasteiger partial charge on any atom is -0.399 e. The number of nitrogens with zero attached hydrogens (tertiary/aromatic N) is 3. The third kappa shape index (κ3) is 1.85. The van der Waals surface area contributed by atoms with Gasteiger partial charge in [0.05, 0.1) is 30.3 Å². The summed E-state index contributed by atoms with van der Waals surface area (Å²) in [4.78, 5) is 9.74. The smallest absolute Gasteiger partial charge is 0.204 e. The Morgan fingerprint density at radius 2 is 2.44 bits per heavy atom. The van der Waals surface area contributed by atoms with Gasteiger partial charge in [0.1, 0.15) is 0 Å². The highest BCUT2D eigenvalue weighted by molar-refractivity contribution is 5.80. The second-order valence-corrected chi connectivity index (χ2v) is 4.27. The average molecular weight is 243 g/mol. The first-order valence-electron chi connectivity index (χ1n) is 5.77. The predicted molar refractivity (Wildman–Crippen MR) is 68.1 cm³/mol. The van der Waals surface area contributed by atoms with Gasteiger partial charge in [0, 0.05) is 12.2 Å². The number of nitrogens with one attached hydrogen (secondary N) is 1. The molecule has 6 nitrogen and oxygen atoms in total. The van der Waals surface area contributed by atoms with Crippen LogP contribution in [0.4, 0.5) is 11.6 Å². The van der Waals surface area contributed by atoms with Crippen molar-refractivity contribution in [2.24, 2.45) is 0 Å². The molecular formula is C12H13N5O. The van der Waals surface area contributed by atoms with Crippen LogP contribution in [0.25, 0.3) is 11.0 Å². The van der Waals surface area contributed by atoms with E-state index < -0.39 is 6.10 Å². The molecule has 3 rings (SSSR count). The molecule has 0 spiro atoms. The first-order valence-corrected chi connectivity index (χ1v) is 5.77. The van der Waals surface area contributed by atoms with E-state index in [1.165, 1.54) is 0 Å². The summed E-state index contributed by atoms with van der Waals surface area (Å²) in [7, 11) is 0. The van der Waals surface area contributed by atoms with Crippen LogP contribution < -0.4 is 10.6 Å². The van der Waals surface area contributed by atoms with Crippen molar-refractivity contribution in [2.75, 3.05) is 30.3 Å². The largest absolute Gasteiger partial charge is 0.399 e. The molecule has 1 atom stereocenters. The summed E-state index contributed by atoms with van der Waals surface area (Å²) in [5.41, 5.74) is 8.22. The van der Waals surface area contributed by atoms with E-state index in [2.05, 4.69) is 16.0 Å². The Bertz CT molecular complexity index is 614. The van der Waals surface area contributed by atoms with E-state index in [1.54, 1.807) is 0 Å². The van der Waals surface area contributed by atoms with Crippen LogP contribution in [0.2, 0.25) is 0 Å².